The van der Waals surface area contributed by atoms with Crippen molar-refractivity contribution in [2.75, 3.05) is 6.61 Å². The molecule has 0 aliphatic carbocycles. The third-order valence-electron chi connectivity index (χ3n) is 2.95. The lowest BCUT2D eigenvalue weighted by molar-refractivity contribution is -0.385. The molecule has 1 rings (SSSR count). The minimum Gasteiger partial charge on any atom is -0.466 e. The topological polar surface area (TPSA) is 110 Å². The fourth-order valence-electron chi connectivity index (χ4n) is 1.89. The molecule has 2 atom stereocenters. The molecule has 0 aliphatic heterocycles. The second-order valence-corrected chi connectivity index (χ2v) is 4.42. The Balaban J connectivity index is 3.04. The summed E-state index contributed by atoms with van der Waals surface area (Å²) in [6, 6.07) is 1.62. The first kappa shape index (κ1) is 17.0. The van der Waals surface area contributed by atoms with E-state index in [4.69, 9.17) is 0 Å². The van der Waals surface area contributed by atoms with Crippen LogP contribution in [0.25, 0.3) is 0 Å². The number of halogens is 1. The Morgan fingerprint density at radius 2 is 2.10 bits per heavy atom. The molecule has 7 nitrogen and oxygen atoms in total. The molecule has 2 unspecified atom stereocenters. The van der Waals surface area contributed by atoms with E-state index in [9.17, 15) is 29.5 Å². The predicted molar refractivity (Wildman–Crippen MR) is 70.0 cm³/mol. The number of esters is 1. The second-order valence-electron chi connectivity index (χ2n) is 4.42. The summed E-state index contributed by atoms with van der Waals surface area (Å²) in [7, 11) is 0. The van der Waals surface area contributed by atoms with E-state index in [1.165, 1.54) is 6.92 Å². The Kier molecular flexibility index (Phi) is 5.74. The SMILES string of the molecule is CCOC(=O)CC(O)C(O)c1cc(F)cc([N+](=O)[O-])c1C. The van der Waals surface area contributed by atoms with E-state index in [0.717, 1.165) is 12.1 Å². The first-order valence-corrected chi connectivity index (χ1v) is 6.24. The van der Waals surface area contributed by atoms with Crippen molar-refractivity contribution in [1.29, 1.82) is 0 Å². The standard InChI is InChI=1S/C13H16FNO6/c1-3-21-12(17)6-11(16)13(18)9-4-8(14)5-10(7(9)2)15(19)20/h4-5,11,13,16,18H,3,6H2,1-2H3. The van der Waals surface area contributed by atoms with Crippen LogP contribution in [0.1, 0.15) is 30.6 Å². The van der Waals surface area contributed by atoms with Gasteiger partial charge in [0.05, 0.1) is 30.1 Å². The van der Waals surface area contributed by atoms with Gasteiger partial charge in [0, 0.05) is 5.56 Å². The van der Waals surface area contributed by atoms with Crippen LogP contribution >= 0.6 is 0 Å². The number of aliphatic hydroxyl groups is 2. The van der Waals surface area contributed by atoms with Crippen LogP contribution in [0, 0.1) is 22.9 Å². The zero-order valence-electron chi connectivity index (χ0n) is 11.6. The average molecular weight is 301 g/mol. The van der Waals surface area contributed by atoms with E-state index in [2.05, 4.69) is 4.74 Å². The molecule has 0 fully saturated rings. The van der Waals surface area contributed by atoms with Gasteiger partial charge in [0.2, 0.25) is 0 Å². The highest BCUT2D eigenvalue weighted by atomic mass is 19.1. The maximum atomic E-state index is 13.4. The lowest BCUT2D eigenvalue weighted by atomic mass is 9.96. The predicted octanol–water partition coefficient (Wildman–Crippen LogP) is 1.39. The van der Waals surface area contributed by atoms with Gasteiger partial charge >= 0.3 is 5.97 Å². The van der Waals surface area contributed by atoms with Gasteiger partial charge in [-0.1, -0.05) is 0 Å². The van der Waals surface area contributed by atoms with Gasteiger partial charge in [-0.05, 0) is 25.5 Å². The van der Waals surface area contributed by atoms with E-state index in [-0.39, 0.29) is 17.7 Å². The van der Waals surface area contributed by atoms with Crippen molar-refractivity contribution in [1.82, 2.24) is 0 Å². The minimum atomic E-state index is -1.64. The third kappa shape index (κ3) is 4.20. The maximum absolute atomic E-state index is 13.4. The van der Waals surface area contributed by atoms with Crippen molar-refractivity contribution in [3.8, 4) is 0 Å². The highest BCUT2D eigenvalue weighted by molar-refractivity contribution is 5.70. The third-order valence-corrected chi connectivity index (χ3v) is 2.95. The van der Waals surface area contributed by atoms with Gasteiger partial charge in [0.25, 0.3) is 5.69 Å². The van der Waals surface area contributed by atoms with Crippen molar-refractivity contribution in [3.05, 3.63) is 39.2 Å². The lowest BCUT2D eigenvalue weighted by Crippen LogP contribution is -2.24. The summed E-state index contributed by atoms with van der Waals surface area (Å²) >= 11 is 0. The number of benzene rings is 1. The van der Waals surface area contributed by atoms with Crippen LogP contribution in [0.3, 0.4) is 0 Å². The molecule has 0 saturated carbocycles. The maximum Gasteiger partial charge on any atom is 0.308 e. The molecule has 0 bridgehead atoms. The van der Waals surface area contributed by atoms with Crippen molar-refractivity contribution >= 4 is 11.7 Å². The summed E-state index contributed by atoms with van der Waals surface area (Å²) in [5, 5.41) is 30.5. The van der Waals surface area contributed by atoms with Gasteiger partial charge in [0.15, 0.2) is 0 Å². The molecule has 116 valence electrons. The molecule has 21 heavy (non-hydrogen) atoms. The molecule has 0 amide bonds. The largest absolute Gasteiger partial charge is 0.466 e. The molecular weight excluding hydrogens is 285 g/mol. The molecule has 0 saturated heterocycles. The van der Waals surface area contributed by atoms with Gasteiger partial charge in [-0.25, -0.2) is 4.39 Å². The van der Waals surface area contributed by atoms with Gasteiger partial charge in [-0.2, -0.15) is 0 Å². The molecule has 0 heterocycles. The van der Waals surface area contributed by atoms with E-state index in [1.54, 1.807) is 6.92 Å². The summed E-state index contributed by atoms with van der Waals surface area (Å²) in [6.07, 6.45) is -3.69. The molecular formula is C13H16FNO6. The lowest BCUT2D eigenvalue weighted by Gasteiger charge is -2.19. The summed E-state index contributed by atoms with van der Waals surface area (Å²) in [5.74, 6) is -1.64. The Labute approximate surface area is 120 Å². The first-order valence-electron chi connectivity index (χ1n) is 6.24. The number of ether oxygens (including phenoxy) is 1. The minimum absolute atomic E-state index is 0.0248. The van der Waals surface area contributed by atoms with Crippen molar-refractivity contribution in [2.24, 2.45) is 0 Å². The fraction of sp³-hybridized carbons (Fsp3) is 0.462. The smallest absolute Gasteiger partial charge is 0.308 e. The van der Waals surface area contributed by atoms with E-state index in [1.807, 2.05) is 0 Å². The monoisotopic (exact) mass is 301 g/mol. The molecule has 1 aromatic rings. The highest BCUT2D eigenvalue weighted by Gasteiger charge is 2.27. The van der Waals surface area contributed by atoms with Crippen LogP contribution in [0.2, 0.25) is 0 Å². The summed E-state index contributed by atoms with van der Waals surface area (Å²) < 4.78 is 18.0. The number of aliphatic hydroxyl groups excluding tert-OH is 2. The van der Waals surface area contributed by atoms with Crippen molar-refractivity contribution in [3.63, 3.8) is 0 Å². The van der Waals surface area contributed by atoms with Gasteiger partial charge in [-0.15, -0.1) is 0 Å². The number of nitro groups is 1. The quantitative estimate of drug-likeness (QED) is 0.467. The van der Waals surface area contributed by atoms with Crippen LogP contribution in [-0.2, 0) is 9.53 Å². The number of hydrogen-bond donors (Lipinski definition) is 2. The second kappa shape index (κ2) is 7.09. The zero-order chi connectivity index (χ0) is 16.2. The van der Waals surface area contributed by atoms with Gasteiger partial charge in [0.1, 0.15) is 11.9 Å². The van der Waals surface area contributed by atoms with E-state index < -0.39 is 41.0 Å². The fourth-order valence-corrected chi connectivity index (χ4v) is 1.89. The summed E-state index contributed by atoms with van der Waals surface area (Å²) in [4.78, 5) is 21.3. The van der Waals surface area contributed by atoms with E-state index >= 15 is 0 Å². The van der Waals surface area contributed by atoms with Gasteiger partial charge < -0.3 is 14.9 Å². The number of nitrogens with zero attached hydrogens (tertiary/aromatic N) is 1. The van der Waals surface area contributed by atoms with E-state index in [0.29, 0.717) is 0 Å². The van der Waals surface area contributed by atoms with Crippen LogP contribution in [0.15, 0.2) is 12.1 Å². The first-order chi connectivity index (χ1) is 9.77. The Morgan fingerprint density at radius 3 is 2.62 bits per heavy atom. The molecule has 0 radical (unpaired) electrons. The highest BCUT2D eigenvalue weighted by Crippen LogP contribution is 2.30. The van der Waals surface area contributed by atoms with Crippen molar-refractivity contribution in [2.45, 2.75) is 32.5 Å². The Hall–Kier alpha value is -2.06. The molecule has 2 N–H and O–H groups in total. The number of carbonyl (C=O) groups is 1. The molecule has 0 aromatic heterocycles. The zero-order valence-corrected chi connectivity index (χ0v) is 11.6. The summed E-state index contributed by atoms with van der Waals surface area (Å²) in [6.45, 7) is 3.03. The number of hydrogen-bond acceptors (Lipinski definition) is 6. The number of carbonyl (C=O) groups excluding carboxylic acids is 1. The number of nitro benzene ring substituents is 1. The van der Waals surface area contributed by atoms with Gasteiger partial charge in [-0.3, -0.25) is 14.9 Å². The van der Waals surface area contributed by atoms with Crippen LogP contribution in [-0.4, -0.2) is 33.8 Å². The molecule has 0 aliphatic rings. The molecule has 1 aromatic carbocycles. The van der Waals surface area contributed by atoms with Crippen LogP contribution in [0.5, 0.6) is 0 Å². The molecule has 0 spiro atoms. The van der Waals surface area contributed by atoms with Crippen LogP contribution in [0.4, 0.5) is 10.1 Å². The Morgan fingerprint density at radius 1 is 1.48 bits per heavy atom. The summed E-state index contributed by atoms with van der Waals surface area (Å²) in [5.41, 5.74) is -0.623. The Bertz CT molecular complexity index is 548. The normalized spacial score (nSPS) is 13.6. The molecule has 8 heteroatoms. The number of rotatable bonds is 6. The van der Waals surface area contributed by atoms with Crippen LogP contribution < -0.4 is 0 Å². The van der Waals surface area contributed by atoms with Crippen molar-refractivity contribution < 1.29 is 29.1 Å². The average Bonchev–Trinajstić information content (AvgIpc) is 2.40.